The summed E-state index contributed by atoms with van der Waals surface area (Å²) in [6.07, 6.45) is 0. The second-order valence-corrected chi connectivity index (χ2v) is 7.07. The van der Waals surface area contributed by atoms with E-state index < -0.39 is 0 Å². The number of alkyl halides is 1. The molecule has 0 amide bonds. The van der Waals surface area contributed by atoms with Crippen LogP contribution >= 0.6 is 11.6 Å². The van der Waals surface area contributed by atoms with Crippen LogP contribution in [0.2, 0.25) is 0 Å². The van der Waals surface area contributed by atoms with Crippen molar-refractivity contribution in [1.82, 2.24) is 9.55 Å². The van der Waals surface area contributed by atoms with E-state index in [9.17, 15) is 4.79 Å². The minimum Gasteiger partial charge on any atom is -0.497 e. The molecule has 1 heterocycles. The smallest absolute Gasteiger partial charge is 0.266 e. The molecular weight excluding hydrogens is 416 g/mol. The molecule has 0 spiro atoms. The second-order valence-electron chi connectivity index (χ2n) is 6.69. The van der Waals surface area contributed by atoms with Crippen molar-refractivity contribution in [3.05, 3.63) is 77.1 Å². The number of methoxy groups -OCH3 is 2. The van der Waals surface area contributed by atoms with Crippen LogP contribution in [0.1, 0.15) is 0 Å². The van der Waals surface area contributed by atoms with Gasteiger partial charge in [0.25, 0.3) is 5.56 Å². The number of nitrogens with zero attached hydrogens (tertiary/aromatic N) is 2. The van der Waals surface area contributed by atoms with Gasteiger partial charge < -0.3 is 14.2 Å². The summed E-state index contributed by atoms with van der Waals surface area (Å²) in [4.78, 5) is 18.4. The van der Waals surface area contributed by atoms with Crippen LogP contribution in [0.4, 0.5) is 0 Å². The summed E-state index contributed by atoms with van der Waals surface area (Å²) in [5.41, 5.74) is 1.77. The van der Waals surface area contributed by atoms with E-state index in [1.54, 1.807) is 37.0 Å². The standard InChI is InChI=1S/C24H21ClN2O4/c1-29-18-12-8-17(9-13-18)27-23(16-6-10-19(11-7-16)31-15-14-25)26-22-20(24(27)28)4-3-5-21(22)30-2/h3-13H,14-15H2,1-2H3. The lowest BCUT2D eigenvalue weighted by Gasteiger charge is -2.16. The highest BCUT2D eigenvalue weighted by Crippen LogP contribution is 2.28. The van der Waals surface area contributed by atoms with E-state index in [4.69, 9.17) is 30.8 Å². The van der Waals surface area contributed by atoms with Crippen LogP contribution in [0.3, 0.4) is 0 Å². The molecular formula is C24H21ClN2O4. The van der Waals surface area contributed by atoms with Crippen LogP contribution < -0.4 is 19.8 Å². The van der Waals surface area contributed by atoms with Gasteiger partial charge in [-0.15, -0.1) is 11.6 Å². The third kappa shape index (κ3) is 4.07. The number of aromatic nitrogens is 2. The van der Waals surface area contributed by atoms with Crippen molar-refractivity contribution < 1.29 is 14.2 Å². The van der Waals surface area contributed by atoms with E-state index in [1.165, 1.54) is 0 Å². The van der Waals surface area contributed by atoms with E-state index >= 15 is 0 Å². The van der Waals surface area contributed by atoms with Crippen molar-refractivity contribution in [3.63, 3.8) is 0 Å². The number of fused-ring (bicyclic) bond motifs is 1. The molecule has 7 heteroatoms. The van der Waals surface area contributed by atoms with Crippen molar-refractivity contribution in [2.24, 2.45) is 0 Å². The van der Waals surface area contributed by atoms with Gasteiger partial charge in [0.1, 0.15) is 35.2 Å². The maximum absolute atomic E-state index is 13.6. The molecule has 0 atom stereocenters. The Labute approximate surface area is 184 Å². The molecule has 0 radical (unpaired) electrons. The number of halogens is 1. The molecule has 4 aromatic rings. The molecule has 6 nitrogen and oxygen atoms in total. The van der Waals surface area contributed by atoms with Gasteiger partial charge in [-0.05, 0) is 60.7 Å². The van der Waals surface area contributed by atoms with Gasteiger partial charge in [0.2, 0.25) is 0 Å². The fraction of sp³-hybridized carbons (Fsp3) is 0.167. The molecule has 0 N–H and O–H groups in total. The number of hydrogen-bond donors (Lipinski definition) is 0. The van der Waals surface area contributed by atoms with E-state index in [0.717, 1.165) is 5.56 Å². The Bertz CT molecular complexity index is 1250. The van der Waals surface area contributed by atoms with E-state index in [0.29, 0.717) is 52.2 Å². The summed E-state index contributed by atoms with van der Waals surface area (Å²) < 4.78 is 17.9. The minimum atomic E-state index is -0.188. The molecule has 0 aliphatic carbocycles. The van der Waals surface area contributed by atoms with Gasteiger partial charge in [0.05, 0.1) is 31.2 Å². The second kappa shape index (κ2) is 9.10. The Morgan fingerprint density at radius 1 is 0.903 bits per heavy atom. The number of ether oxygens (including phenoxy) is 3. The molecule has 31 heavy (non-hydrogen) atoms. The molecule has 1 aromatic heterocycles. The zero-order chi connectivity index (χ0) is 21.8. The topological polar surface area (TPSA) is 62.6 Å². The van der Waals surface area contributed by atoms with Crippen molar-refractivity contribution in [2.45, 2.75) is 0 Å². The molecule has 3 aromatic carbocycles. The quantitative estimate of drug-likeness (QED) is 0.393. The van der Waals surface area contributed by atoms with Crippen molar-refractivity contribution in [1.29, 1.82) is 0 Å². The lowest BCUT2D eigenvalue weighted by Crippen LogP contribution is -2.22. The van der Waals surface area contributed by atoms with E-state index in [1.807, 2.05) is 48.5 Å². The van der Waals surface area contributed by atoms with Crippen LogP contribution in [-0.2, 0) is 0 Å². The SMILES string of the molecule is COc1ccc(-n2c(-c3ccc(OCCCl)cc3)nc3c(OC)cccc3c2=O)cc1. The maximum atomic E-state index is 13.6. The fourth-order valence-electron chi connectivity index (χ4n) is 3.37. The molecule has 0 unspecified atom stereocenters. The van der Waals surface area contributed by atoms with Gasteiger partial charge >= 0.3 is 0 Å². The largest absolute Gasteiger partial charge is 0.497 e. The highest BCUT2D eigenvalue weighted by molar-refractivity contribution is 6.18. The first-order valence-electron chi connectivity index (χ1n) is 9.69. The Morgan fingerprint density at radius 3 is 2.26 bits per heavy atom. The van der Waals surface area contributed by atoms with Gasteiger partial charge in [0.15, 0.2) is 0 Å². The van der Waals surface area contributed by atoms with Crippen molar-refractivity contribution >= 4 is 22.5 Å². The van der Waals surface area contributed by atoms with Crippen LogP contribution in [0.15, 0.2) is 71.5 Å². The minimum absolute atomic E-state index is 0.188. The third-order valence-corrected chi connectivity index (χ3v) is 5.03. The lowest BCUT2D eigenvalue weighted by atomic mass is 10.1. The van der Waals surface area contributed by atoms with Gasteiger partial charge in [-0.25, -0.2) is 4.98 Å². The predicted octanol–water partition coefficient (Wildman–Crippen LogP) is 4.69. The van der Waals surface area contributed by atoms with E-state index in [-0.39, 0.29) is 5.56 Å². The Morgan fingerprint density at radius 2 is 1.61 bits per heavy atom. The molecule has 0 bridgehead atoms. The fourth-order valence-corrected chi connectivity index (χ4v) is 3.45. The molecule has 158 valence electrons. The van der Waals surface area contributed by atoms with Crippen LogP contribution in [0.5, 0.6) is 17.2 Å². The Hall–Kier alpha value is -3.51. The summed E-state index contributed by atoms with van der Waals surface area (Å²) >= 11 is 5.70. The molecule has 4 rings (SSSR count). The lowest BCUT2D eigenvalue weighted by molar-refractivity contribution is 0.343. The van der Waals surface area contributed by atoms with Gasteiger partial charge in [-0.2, -0.15) is 0 Å². The Kier molecular flexibility index (Phi) is 6.09. The first-order valence-corrected chi connectivity index (χ1v) is 10.2. The normalized spacial score (nSPS) is 10.8. The molecule has 0 saturated carbocycles. The van der Waals surface area contributed by atoms with Crippen molar-refractivity contribution in [2.75, 3.05) is 26.7 Å². The van der Waals surface area contributed by atoms with Gasteiger partial charge in [0, 0.05) is 5.56 Å². The van der Waals surface area contributed by atoms with Crippen LogP contribution in [-0.4, -0.2) is 36.3 Å². The summed E-state index contributed by atoms with van der Waals surface area (Å²) in [6.45, 7) is 0.420. The number of hydrogen-bond acceptors (Lipinski definition) is 5. The Balaban J connectivity index is 1.95. The zero-order valence-corrected chi connectivity index (χ0v) is 17.9. The molecule has 0 aliphatic rings. The number of para-hydroxylation sites is 1. The molecule has 0 aliphatic heterocycles. The maximum Gasteiger partial charge on any atom is 0.266 e. The average molecular weight is 437 g/mol. The zero-order valence-electron chi connectivity index (χ0n) is 17.2. The monoisotopic (exact) mass is 436 g/mol. The first-order chi connectivity index (χ1) is 15.2. The summed E-state index contributed by atoms with van der Waals surface area (Å²) in [6, 6.07) is 20.0. The third-order valence-electron chi connectivity index (χ3n) is 4.87. The van der Waals surface area contributed by atoms with Crippen LogP contribution in [0, 0.1) is 0 Å². The first kappa shape index (κ1) is 20.8. The molecule has 0 fully saturated rings. The summed E-state index contributed by atoms with van der Waals surface area (Å²) in [5.74, 6) is 2.84. The van der Waals surface area contributed by atoms with E-state index in [2.05, 4.69) is 0 Å². The van der Waals surface area contributed by atoms with Crippen molar-refractivity contribution in [3.8, 4) is 34.3 Å². The number of rotatable bonds is 7. The van der Waals surface area contributed by atoms with Gasteiger partial charge in [-0.3, -0.25) is 9.36 Å². The summed E-state index contributed by atoms with van der Waals surface area (Å²) in [5, 5.41) is 0.473. The van der Waals surface area contributed by atoms with Crippen LogP contribution in [0.25, 0.3) is 28.0 Å². The number of benzene rings is 3. The average Bonchev–Trinajstić information content (AvgIpc) is 2.83. The molecule has 0 saturated heterocycles. The predicted molar refractivity (Wildman–Crippen MR) is 122 cm³/mol. The highest BCUT2D eigenvalue weighted by Gasteiger charge is 2.17. The highest BCUT2D eigenvalue weighted by atomic mass is 35.5. The summed E-state index contributed by atoms with van der Waals surface area (Å²) in [7, 11) is 3.17. The van der Waals surface area contributed by atoms with Gasteiger partial charge in [-0.1, -0.05) is 6.07 Å².